The van der Waals surface area contributed by atoms with Crippen molar-refractivity contribution in [3.05, 3.63) is 53.1 Å². The molecule has 1 heterocycles. The Kier molecular flexibility index (Phi) is 3.03. The number of hydrogen-bond acceptors (Lipinski definition) is 3. The molecule has 3 heteroatoms. The van der Waals surface area contributed by atoms with Gasteiger partial charge in [-0.05, 0) is 41.8 Å². The third-order valence-corrected chi connectivity index (χ3v) is 3.45. The fourth-order valence-electron chi connectivity index (χ4n) is 2.37. The lowest BCUT2D eigenvalue weighted by Crippen LogP contribution is -2.03. The van der Waals surface area contributed by atoms with Crippen molar-refractivity contribution in [2.45, 2.75) is 19.9 Å². The Balaban J connectivity index is 1.74. The first-order chi connectivity index (χ1) is 9.22. The number of aryl methyl sites for hydroxylation is 1. The van der Waals surface area contributed by atoms with E-state index in [2.05, 4.69) is 36.5 Å². The molecular formula is C16H18N2O. The Bertz CT molecular complexity index is 608. The van der Waals surface area contributed by atoms with E-state index in [4.69, 9.17) is 10.5 Å². The van der Waals surface area contributed by atoms with E-state index < -0.39 is 0 Å². The summed E-state index contributed by atoms with van der Waals surface area (Å²) in [6.45, 7) is 3.65. The first kappa shape index (κ1) is 11.9. The van der Waals surface area contributed by atoms with Crippen molar-refractivity contribution in [1.82, 2.24) is 0 Å². The minimum Gasteiger partial charge on any atom is -0.493 e. The van der Waals surface area contributed by atoms with Gasteiger partial charge in [0.05, 0.1) is 18.0 Å². The van der Waals surface area contributed by atoms with Crippen molar-refractivity contribution in [2.24, 2.45) is 0 Å². The number of ether oxygens (including phenoxy) is 1. The van der Waals surface area contributed by atoms with E-state index in [-0.39, 0.29) is 0 Å². The van der Waals surface area contributed by atoms with Crippen molar-refractivity contribution < 1.29 is 4.74 Å². The van der Waals surface area contributed by atoms with Gasteiger partial charge in [-0.2, -0.15) is 0 Å². The molecule has 3 nitrogen and oxygen atoms in total. The van der Waals surface area contributed by atoms with E-state index in [0.29, 0.717) is 0 Å². The van der Waals surface area contributed by atoms with Gasteiger partial charge < -0.3 is 15.8 Å². The molecule has 0 fully saturated rings. The zero-order chi connectivity index (χ0) is 13.2. The van der Waals surface area contributed by atoms with Crippen LogP contribution in [0.5, 0.6) is 5.75 Å². The van der Waals surface area contributed by atoms with Gasteiger partial charge in [-0.15, -0.1) is 0 Å². The highest BCUT2D eigenvalue weighted by atomic mass is 16.5. The molecule has 0 bridgehead atoms. The molecule has 3 rings (SSSR count). The summed E-state index contributed by atoms with van der Waals surface area (Å²) >= 11 is 0. The van der Waals surface area contributed by atoms with Crippen LogP contribution in [0.2, 0.25) is 0 Å². The number of hydrogen-bond donors (Lipinski definition) is 2. The van der Waals surface area contributed by atoms with Gasteiger partial charge in [-0.1, -0.05) is 18.2 Å². The third-order valence-electron chi connectivity index (χ3n) is 3.45. The first-order valence-electron chi connectivity index (χ1n) is 6.57. The molecule has 2 aromatic rings. The Morgan fingerprint density at radius 1 is 1.21 bits per heavy atom. The van der Waals surface area contributed by atoms with Crippen LogP contribution >= 0.6 is 0 Å². The van der Waals surface area contributed by atoms with E-state index in [1.165, 1.54) is 16.7 Å². The molecular weight excluding hydrogens is 236 g/mol. The van der Waals surface area contributed by atoms with Gasteiger partial charge in [0.15, 0.2) is 0 Å². The van der Waals surface area contributed by atoms with E-state index in [9.17, 15) is 0 Å². The van der Waals surface area contributed by atoms with Crippen LogP contribution in [0.25, 0.3) is 0 Å². The molecule has 0 amide bonds. The molecule has 1 aliphatic rings. The predicted octanol–water partition coefficient (Wildman–Crippen LogP) is 3.12. The SMILES string of the molecule is Cc1ccc(N)c(NCc2ccc3c(c2)CCO3)c1. The summed E-state index contributed by atoms with van der Waals surface area (Å²) in [4.78, 5) is 0. The number of rotatable bonds is 3. The fraction of sp³-hybridized carbons (Fsp3) is 0.250. The highest BCUT2D eigenvalue weighted by molar-refractivity contribution is 5.67. The van der Waals surface area contributed by atoms with Crippen LogP contribution in [-0.2, 0) is 13.0 Å². The fourth-order valence-corrected chi connectivity index (χ4v) is 2.37. The van der Waals surface area contributed by atoms with Crippen molar-refractivity contribution in [3.63, 3.8) is 0 Å². The van der Waals surface area contributed by atoms with Gasteiger partial charge in [0.25, 0.3) is 0 Å². The Labute approximate surface area is 113 Å². The van der Waals surface area contributed by atoms with Gasteiger partial charge in [0.2, 0.25) is 0 Å². The zero-order valence-corrected chi connectivity index (χ0v) is 11.1. The minimum absolute atomic E-state index is 0.779. The first-order valence-corrected chi connectivity index (χ1v) is 6.57. The average Bonchev–Trinajstić information content (AvgIpc) is 2.87. The monoisotopic (exact) mass is 254 g/mol. The van der Waals surface area contributed by atoms with Gasteiger partial charge in [0.1, 0.15) is 5.75 Å². The Morgan fingerprint density at radius 3 is 3.00 bits per heavy atom. The Morgan fingerprint density at radius 2 is 2.11 bits per heavy atom. The summed E-state index contributed by atoms with van der Waals surface area (Å²) in [5.74, 6) is 1.03. The van der Waals surface area contributed by atoms with Gasteiger partial charge in [-0.25, -0.2) is 0 Å². The quantitative estimate of drug-likeness (QED) is 0.827. The number of anilines is 2. The molecule has 0 saturated carbocycles. The van der Waals surface area contributed by atoms with Crippen molar-refractivity contribution in [3.8, 4) is 5.75 Å². The molecule has 0 aliphatic carbocycles. The number of nitrogens with two attached hydrogens (primary N) is 1. The summed E-state index contributed by atoms with van der Waals surface area (Å²) < 4.78 is 5.51. The second-order valence-electron chi connectivity index (χ2n) is 4.98. The maximum atomic E-state index is 5.96. The smallest absolute Gasteiger partial charge is 0.122 e. The zero-order valence-electron chi connectivity index (χ0n) is 11.1. The van der Waals surface area contributed by atoms with Crippen LogP contribution < -0.4 is 15.8 Å². The largest absolute Gasteiger partial charge is 0.493 e. The molecule has 19 heavy (non-hydrogen) atoms. The third kappa shape index (κ3) is 2.50. The van der Waals surface area contributed by atoms with Gasteiger partial charge in [-0.3, -0.25) is 0 Å². The Hall–Kier alpha value is -2.16. The lowest BCUT2D eigenvalue weighted by atomic mass is 10.1. The van der Waals surface area contributed by atoms with E-state index in [1.807, 2.05) is 12.1 Å². The topological polar surface area (TPSA) is 47.3 Å². The summed E-state index contributed by atoms with van der Waals surface area (Å²) in [5.41, 5.74) is 11.5. The van der Waals surface area contributed by atoms with Gasteiger partial charge >= 0.3 is 0 Å². The standard InChI is InChI=1S/C16H18N2O/c1-11-2-4-14(17)15(8-11)18-10-12-3-5-16-13(9-12)6-7-19-16/h2-5,8-9,18H,6-7,10,17H2,1H3. The van der Waals surface area contributed by atoms with Crippen molar-refractivity contribution in [2.75, 3.05) is 17.7 Å². The van der Waals surface area contributed by atoms with E-state index >= 15 is 0 Å². The van der Waals surface area contributed by atoms with Crippen LogP contribution in [0, 0.1) is 6.92 Å². The van der Waals surface area contributed by atoms with Crippen LogP contribution in [0.3, 0.4) is 0 Å². The second kappa shape index (κ2) is 4.84. The molecule has 0 saturated heterocycles. The summed E-state index contributed by atoms with van der Waals surface area (Å²) in [6, 6.07) is 12.4. The molecule has 3 N–H and O–H groups in total. The number of nitrogen functional groups attached to an aromatic ring is 1. The van der Waals surface area contributed by atoms with Crippen LogP contribution in [0.4, 0.5) is 11.4 Å². The maximum absolute atomic E-state index is 5.96. The maximum Gasteiger partial charge on any atom is 0.122 e. The normalized spacial score (nSPS) is 12.9. The van der Waals surface area contributed by atoms with Crippen molar-refractivity contribution >= 4 is 11.4 Å². The number of fused-ring (bicyclic) bond motifs is 1. The molecule has 98 valence electrons. The molecule has 0 aromatic heterocycles. The average molecular weight is 254 g/mol. The molecule has 0 spiro atoms. The molecule has 0 radical (unpaired) electrons. The minimum atomic E-state index is 0.779. The molecule has 1 aliphatic heterocycles. The number of benzene rings is 2. The summed E-state index contributed by atoms with van der Waals surface area (Å²) in [7, 11) is 0. The van der Waals surface area contributed by atoms with Gasteiger partial charge in [0, 0.05) is 13.0 Å². The highest BCUT2D eigenvalue weighted by Gasteiger charge is 2.11. The highest BCUT2D eigenvalue weighted by Crippen LogP contribution is 2.26. The van der Waals surface area contributed by atoms with E-state index in [0.717, 1.165) is 36.7 Å². The van der Waals surface area contributed by atoms with E-state index in [1.54, 1.807) is 0 Å². The van der Waals surface area contributed by atoms with Crippen LogP contribution in [0.1, 0.15) is 16.7 Å². The second-order valence-corrected chi connectivity index (χ2v) is 4.98. The summed E-state index contributed by atoms with van der Waals surface area (Å²) in [6.07, 6.45) is 1.01. The predicted molar refractivity (Wildman–Crippen MR) is 78.6 cm³/mol. The van der Waals surface area contributed by atoms with Crippen LogP contribution in [0.15, 0.2) is 36.4 Å². The van der Waals surface area contributed by atoms with Crippen molar-refractivity contribution in [1.29, 1.82) is 0 Å². The number of nitrogens with one attached hydrogen (secondary N) is 1. The molecule has 0 atom stereocenters. The van der Waals surface area contributed by atoms with Crippen LogP contribution in [-0.4, -0.2) is 6.61 Å². The summed E-state index contributed by atoms with van der Waals surface area (Å²) in [5, 5.41) is 3.40. The molecule has 2 aromatic carbocycles. The lowest BCUT2D eigenvalue weighted by Gasteiger charge is -2.11. The lowest BCUT2D eigenvalue weighted by molar-refractivity contribution is 0.357. The molecule has 0 unspecified atom stereocenters.